The van der Waals surface area contributed by atoms with Crippen LogP contribution in [-0.2, 0) is 22.8 Å². The van der Waals surface area contributed by atoms with Crippen molar-refractivity contribution in [3.8, 4) is 34.3 Å². The van der Waals surface area contributed by atoms with Crippen molar-refractivity contribution in [3.05, 3.63) is 59.8 Å². The molecule has 0 fully saturated rings. The first kappa shape index (κ1) is 22.2. The second kappa shape index (κ2) is 8.62. The highest BCUT2D eigenvalue weighted by Gasteiger charge is 2.20. The smallest absolute Gasteiger partial charge is 0.270 e. The number of rotatable bonds is 5. The minimum atomic E-state index is -3.36. The number of nitrogens with one attached hydrogen (secondary N) is 1. The van der Waals surface area contributed by atoms with Crippen LogP contribution in [0.3, 0.4) is 0 Å². The Morgan fingerprint density at radius 1 is 1.03 bits per heavy atom. The van der Waals surface area contributed by atoms with Gasteiger partial charge < -0.3 is 15.5 Å². The summed E-state index contributed by atoms with van der Waals surface area (Å²) >= 11 is 0. The third-order valence-corrected chi connectivity index (χ3v) is 8.04. The maximum atomic E-state index is 12.4. The molecule has 9 nitrogen and oxygen atoms in total. The molecule has 0 unspecified atom stereocenters. The molecule has 34 heavy (non-hydrogen) atoms. The molecule has 0 saturated carbocycles. The summed E-state index contributed by atoms with van der Waals surface area (Å²) in [4.78, 5) is 9.07. The van der Waals surface area contributed by atoms with Gasteiger partial charge in [0.25, 0.3) is 5.89 Å². The van der Waals surface area contributed by atoms with Crippen molar-refractivity contribution in [1.82, 2.24) is 25.5 Å². The lowest BCUT2D eigenvalue weighted by atomic mass is 9.98. The van der Waals surface area contributed by atoms with Crippen LogP contribution < -0.4 is 11.1 Å². The molecule has 0 saturated heterocycles. The summed E-state index contributed by atoms with van der Waals surface area (Å²) in [5.74, 6) is 0.709. The highest BCUT2D eigenvalue weighted by atomic mass is 32.2. The molecule has 178 valence electrons. The van der Waals surface area contributed by atoms with Gasteiger partial charge in [-0.15, -0.1) is 10.2 Å². The number of benzene rings is 2. The average Bonchev–Trinajstić information content (AvgIpc) is 3.34. The molecule has 2 aromatic carbocycles. The molecule has 1 aliphatic rings. The lowest BCUT2D eigenvalue weighted by Gasteiger charge is -2.17. The van der Waals surface area contributed by atoms with E-state index in [9.17, 15) is 8.42 Å². The van der Waals surface area contributed by atoms with Gasteiger partial charge in [0.2, 0.25) is 5.89 Å². The molecule has 0 amide bonds. The van der Waals surface area contributed by atoms with Crippen molar-refractivity contribution >= 4 is 15.7 Å². The van der Waals surface area contributed by atoms with Gasteiger partial charge >= 0.3 is 0 Å². The van der Waals surface area contributed by atoms with E-state index in [1.165, 1.54) is 17.3 Å². The molecule has 1 aliphatic heterocycles. The summed E-state index contributed by atoms with van der Waals surface area (Å²) in [6.07, 6.45) is 2.47. The number of hydrogen-bond acceptors (Lipinski definition) is 9. The highest BCUT2D eigenvalue weighted by Crippen LogP contribution is 2.30. The molecule has 0 bridgehead atoms. The largest absolute Gasteiger partial charge is 0.414 e. The van der Waals surface area contributed by atoms with Crippen LogP contribution in [0, 0.1) is 0 Å². The summed E-state index contributed by atoms with van der Waals surface area (Å²) in [5, 5.41) is 11.2. The maximum Gasteiger partial charge on any atom is 0.270 e. The van der Waals surface area contributed by atoms with Crippen LogP contribution in [0.2, 0.25) is 0 Å². The molecule has 10 heteroatoms. The van der Waals surface area contributed by atoms with Crippen molar-refractivity contribution in [2.45, 2.75) is 37.0 Å². The summed E-state index contributed by atoms with van der Waals surface area (Å²) in [6.45, 7) is 5.10. The Bertz CT molecular complexity index is 1470. The predicted octanol–water partition coefficient (Wildman–Crippen LogP) is 3.76. The lowest BCUT2D eigenvalue weighted by molar-refractivity contribution is 0.581. The van der Waals surface area contributed by atoms with Gasteiger partial charge in [-0.05, 0) is 62.2 Å². The number of nitrogens with two attached hydrogens (primary N) is 1. The quantitative estimate of drug-likeness (QED) is 0.437. The topological polar surface area (TPSA) is 137 Å². The predicted molar refractivity (Wildman–Crippen MR) is 133 cm³/mol. The molecule has 0 spiro atoms. The van der Waals surface area contributed by atoms with Crippen LogP contribution >= 0.6 is 0 Å². The molecular formula is C24H28N6O3S. The number of anilines is 1. The minimum Gasteiger partial charge on any atom is -0.414 e. The Hall–Kier alpha value is -3.63. The van der Waals surface area contributed by atoms with E-state index in [4.69, 9.17) is 10.2 Å². The first-order chi connectivity index (χ1) is 16.3. The van der Waals surface area contributed by atoms with Gasteiger partial charge in [0.05, 0.1) is 22.0 Å². The van der Waals surface area contributed by atoms with Gasteiger partial charge in [-0.3, -0.25) is 0 Å². The van der Waals surface area contributed by atoms with Crippen molar-refractivity contribution < 1.29 is 15.7 Å². The fourth-order valence-electron chi connectivity index (χ4n) is 3.83. The monoisotopic (exact) mass is 480 g/mol. The molecular weight excluding hydrogens is 452 g/mol. The SMILES string of the molecule is CC(C)S(=O)(=O)c1ccc(-c2cnc(N)c(-c3nnc(-c4ccc5c(c4)CCNC5)o3)n2)cc1.[HH].[HH]. The van der Waals surface area contributed by atoms with E-state index >= 15 is 0 Å². The normalized spacial score (nSPS) is 13.7. The van der Waals surface area contributed by atoms with Crippen LogP contribution in [0.1, 0.15) is 27.8 Å². The van der Waals surface area contributed by atoms with Gasteiger partial charge in [0.15, 0.2) is 21.3 Å². The fraction of sp³-hybridized carbons (Fsp3) is 0.250. The number of fused-ring (bicyclic) bond motifs is 1. The van der Waals surface area contributed by atoms with Crippen LogP contribution in [0.15, 0.2) is 58.0 Å². The first-order valence-corrected chi connectivity index (χ1v) is 12.5. The fourth-order valence-corrected chi connectivity index (χ4v) is 4.89. The Morgan fingerprint density at radius 3 is 2.53 bits per heavy atom. The van der Waals surface area contributed by atoms with Crippen molar-refractivity contribution in [2.24, 2.45) is 0 Å². The lowest BCUT2D eigenvalue weighted by Crippen LogP contribution is -2.23. The number of aromatic nitrogens is 4. The molecule has 2 aromatic heterocycles. The maximum absolute atomic E-state index is 12.4. The van der Waals surface area contributed by atoms with Gasteiger partial charge in [-0.1, -0.05) is 18.2 Å². The van der Waals surface area contributed by atoms with E-state index in [-0.39, 0.29) is 25.2 Å². The van der Waals surface area contributed by atoms with E-state index in [0.717, 1.165) is 25.1 Å². The zero-order valence-corrected chi connectivity index (χ0v) is 19.6. The summed E-state index contributed by atoms with van der Waals surface area (Å²) < 4.78 is 30.7. The first-order valence-electron chi connectivity index (χ1n) is 11.0. The summed E-state index contributed by atoms with van der Waals surface area (Å²) in [7, 11) is -3.36. The van der Waals surface area contributed by atoms with Gasteiger partial charge in [0, 0.05) is 20.5 Å². The standard InChI is InChI=1S/C24H24N6O3S.2H2/c1-14(2)34(31,32)19-7-5-15(6-8-19)20-13-27-22(25)21(28-20)24-30-29-23(33-24)17-3-4-18-12-26-10-9-16(18)11-17;;/h3-8,11,13-14,26H,9-10,12H2,1-2H3,(H2,25,27);2*1H. The van der Waals surface area contributed by atoms with Crippen molar-refractivity contribution in [2.75, 3.05) is 12.3 Å². The number of nitrogen functional groups attached to an aromatic ring is 1. The number of nitrogens with zero attached hydrogens (tertiary/aromatic N) is 4. The van der Waals surface area contributed by atoms with E-state index in [1.54, 1.807) is 38.1 Å². The van der Waals surface area contributed by atoms with Crippen molar-refractivity contribution in [1.29, 1.82) is 0 Å². The molecule has 0 atom stereocenters. The third kappa shape index (κ3) is 4.06. The second-order valence-corrected chi connectivity index (χ2v) is 10.9. The average molecular weight is 481 g/mol. The van der Waals surface area contributed by atoms with Crippen LogP contribution in [-0.4, -0.2) is 40.4 Å². The number of hydrogen-bond donors (Lipinski definition) is 2. The van der Waals surface area contributed by atoms with Gasteiger partial charge in [-0.25, -0.2) is 18.4 Å². The zero-order valence-electron chi connectivity index (χ0n) is 18.8. The Kier molecular flexibility index (Phi) is 5.62. The van der Waals surface area contributed by atoms with E-state index in [2.05, 4.69) is 37.6 Å². The van der Waals surface area contributed by atoms with Crippen LogP contribution in [0.5, 0.6) is 0 Å². The van der Waals surface area contributed by atoms with Crippen LogP contribution in [0.25, 0.3) is 34.3 Å². The zero-order chi connectivity index (χ0) is 23.9. The Balaban J connectivity index is 0.00000180. The molecule has 0 aliphatic carbocycles. The minimum absolute atomic E-state index is 0. The highest BCUT2D eigenvalue weighted by molar-refractivity contribution is 7.92. The summed E-state index contributed by atoms with van der Waals surface area (Å²) in [5.41, 5.74) is 10.9. The van der Waals surface area contributed by atoms with Gasteiger partial charge in [-0.2, -0.15) is 0 Å². The Morgan fingerprint density at radius 2 is 1.76 bits per heavy atom. The summed E-state index contributed by atoms with van der Waals surface area (Å²) in [6, 6.07) is 12.6. The second-order valence-electron chi connectivity index (χ2n) is 8.43. The van der Waals surface area contributed by atoms with Crippen molar-refractivity contribution in [3.63, 3.8) is 0 Å². The van der Waals surface area contributed by atoms with Gasteiger partial charge in [0.1, 0.15) is 0 Å². The van der Waals surface area contributed by atoms with E-state index in [0.29, 0.717) is 17.1 Å². The molecule has 5 rings (SSSR count). The van der Waals surface area contributed by atoms with Crippen LogP contribution in [0.4, 0.5) is 5.82 Å². The molecule has 4 aromatic rings. The molecule has 3 N–H and O–H groups in total. The number of sulfone groups is 1. The van der Waals surface area contributed by atoms with E-state index in [1.807, 2.05) is 6.07 Å². The third-order valence-electron chi connectivity index (χ3n) is 5.87. The molecule has 0 radical (unpaired) electrons. The van der Waals surface area contributed by atoms with E-state index < -0.39 is 15.1 Å². The Labute approximate surface area is 200 Å². The molecule has 3 heterocycles.